The van der Waals surface area contributed by atoms with Gasteiger partial charge in [-0.1, -0.05) is 13.8 Å². The summed E-state index contributed by atoms with van der Waals surface area (Å²) in [5.41, 5.74) is 0.513. The van der Waals surface area contributed by atoms with Gasteiger partial charge >= 0.3 is 0 Å². The number of hydrogen-bond acceptors (Lipinski definition) is 1. The number of likely N-dealkylation sites (tertiary alicyclic amines) is 1. The van der Waals surface area contributed by atoms with Gasteiger partial charge in [0.05, 0.1) is 0 Å². The zero-order valence-electron chi connectivity index (χ0n) is 10.3. The Balaban J connectivity index is 1.92. The largest absolute Gasteiger partial charge is 0.342 e. The number of amides is 1. The standard InChI is InChI=1S/C13H23NO/c1-10(2)12-7-13(8-12)5-4-6-14(9-13)11(3)15/h10,12H,4-9H2,1-3H3. The molecule has 0 unspecified atom stereocenters. The van der Waals surface area contributed by atoms with Crippen molar-refractivity contribution >= 4 is 5.91 Å². The zero-order valence-corrected chi connectivity index (χ0v) is 10.3. The van der Waals surface area contributed by atoms with Crippen LogP contribution in [0.3, 0.4) is 0 Å². The van der Waals surface area contributed by atoms with E-state index in [0.29, 0.717) is 5.41 Å². The minimum atomic E-state index is 0.266. The second kappa shape index (κ2) is 3.80. The van der Waals surface area contributed by atoms with Crippen LogP contribution in [-0.4, -0.2) is 23.9 Å². The lowest BCUT2D eigenvalue weighted by Gasteiger charge is -2.54. The summed E-state index contributed by atoms with van der Waals surface area (Å²) in [6.45, 7) is 8.37. The van der Waals surface area contributed by atoms with Crippen LogP contribution in [-0.2, 0) is 4.79 Å². The van der Waals surface area contributed by atoms with Crippen LogP contribution in [0.2, 0.25) is 0 Å². The molecule has 0 N–H and O–H groups in total. The summed E-state index contributed by atoms with van der Waals surface area (Å²) >= 11 is 0. The SMILES string of the molecule is CC(=O)N1CCCC2(CC(C(C)C)C2)C1. The van der Waals surface area contributed by atoms with Crippen molar-refractivity contribution in [1.82, 2.24) is 4.90 Å². The normalized spacial score (nSPS) is 35.7. The first-order chi connectivity index (χ1) is 7.02. The second-order valence-electron chi connectivity index (χ2n) is 5.96. The summed E-state index contributed by atoms with van der Waals surface area (Å²) in [5, 5.41) is 0. The predicted octanol–water partition coefficient (Wildman–Crippen LogP) is 2.68. The third kappa shape index (κ3) is 2.04. The lowest BCUT2D eigenvalue weighted by atomic mass is 9.56. The molecule has 0 radical (unpaired) electrons. The van der Waals surface area contributed by atoms with Crippen molar-refractivity contribution in [2.75, 3.05) is 13.1 Å². The molecule has 2 heteroatoms. The van der Waals surface area contributed by atoms with Crippen molar-refractivity contribution in [3.8, 4) is 0 Å². The molecule has 1 aliphatic carbocycles. The van der Waals surface area contributed by atoms with Gasteiger partial charge in [0, 0.05) is 20.0 Å². The Bertz CT molecular complexity index is 253. The fraction of sp³-hybridized carbons (Fsp3) is 0.923. The maximum absolute atomic E-state index is 11.4. The van der Waals surface area contributed by atoms with Crippen LogP contribution in [0.5, 0.6) is 0 Å². The van der Waals surface area contributed by atoms with E-state index in [0.717, 1.165) is 24.9 Å². The molecule has 1 saturated heterocycles. The molecule has 0 bridgehead atoms. The number of nitrogens with zero attached hydrogens (tertiary/aromatic N) is 1. The molecule has 2 fully saturated rings. The highest BCUT2D eigenvalue weighted by Crippen LogP contribution is 2.53. The van der Waals surface area contributed by atoms with Gasteiger partial charge in [-0.15, -0.1) is 0 Å². The Morgan fingerprint density at radius 2 is 2.07 bits per heavy atom. The molecule has 0 aromatic carbocycles. The van der Waals surface area contributed by atoms with Crippen molar-refractivity contribution in [2.24, 2.45) is 17.3 Å². The van der Waals surface area contributed by atoms with Crippen molar-refractivity contribution in [3.63, 3.8) is 0 Å². The van der Waals surface area contributed by atoms with E-state index in [1.165, 1.54) is 25.7 Å². The topological polar surface area (TPSA) is 20.3 Å². The highest BCUT2D eigenvalue weighted by atomic mass is 16.2. The summed E-state index contributed by atoms with van der Waals surface area (Å²) in [7, 11) is 0. The van der Waals surface area contributed by atoms with Crippen molar-refractivity contribution in [1.29, 1.82) is 0 Å². The van der Waals surface area contributed by atoms with Gasteiger partial charge < -0.3 is 4.90 Å². The number of carbonyl (C=O) groups excluding carboxylic acids is 1. The third-order valence-electron chi connectivity index (χ3n) is 4.44. The molecule has 2 aliphatic rings. The highest BCUT2D eigenvalue weighted by Gasteiger charge is 2.47. The molecule has 1 spiro atoms. The Labute approximate surface area is 93.0 Å². The van der Waals surface area contributed by atoms with Crippen LogP contribution in [0.25, 0.3) is 0 Å². The van der Waals surface area contributed by atoms with E-state index in [1.54, 1.807) is 6.92 Å². The fourth-order valence-corrected chi connectivity index (χ4v) is 3.33. The van der Waals surface area contributed by atoms with Gasteiger partial charge in [-0.05, 0) is 42.9 Å². The number of carbonyl (C=O) groups is 1. The van der Waals surface area contributed by atoms with Crippen LogP contribution >= 0.6 is 0 Å². The molecule has 0 atom stereocenters. The van der Waals surface area contributed by atoms with Crippen LogP contribution in [0.1, 0.15) is 46.5 Å². The number of piperidine rings is 1. The van der Waals surface area contributed by atoms with Crippen molar-refractivity contribution in [2.45, 2.75) is 46.5 Å². The maximum Gasteiger partial charge on any atom is 0.219 e. The van der Waals surface area contributed by atoms with E-state index in [1.807, 2.05) is 0 Å². The van der Waals surface area contributed by atoms with Crippen LogP contribution in [0.4, 0.5) is 0 Å². The first kappa shape index (κ1) is 11.0. The molecule has 0 aromatic rings. The third-order valence-corrected chi connectivity index (χ3v) is 4.44. The van der Waals surface area contributed by atoms with Gasteiger partial charge in [0.2, 0.25) is 5.91 Å². The van der Waals surface area contributed by atoms with Gasteiger partial charge in [-0.3, -0.25) is 4.79 Å². The van der Waals surface area contributed by atoms with Crippen LogP contribution in [0, 0.1) is 17.3 Å². The Morgan fingerprint density at radius 3 is 2.60 bits per heavy atom. The van der Waals surface area contributed by atoms with E-state index in [2.05, 4.69) is 18.7 Å². The average molecular weight is 209 g/mol. The summed E-state index contributed by atoms with van der Waals surface area (Å²) in [6, 6.07) is 0. The number of hydrogen-bond donors (Lipinski definition) is 0. The van der Waals surface area contributed by atoms with Gasteiger partial charge in [0.15, 0.2) is 0 Å². The van der Waals surface area contributed by atoms with Crippen LogP contribution in [0.15, 0.2) is 0 Å². The fourth-order valence-electron chi connectivity index (χ4n) is 3.33. The molecule has 1 saturated carbocycles. The van der Waals surface area contributed by atoms with E-state index in [9.17, 15) is 4.79 Å². The van der Waals surface area contributed by atoms with E-state index < -0.39 is 0 Å². The van der Waals surface area contributed by atoms with Gasteiger partial charge in [0.25, 0.3) is 0 Å². The smallest absolute Gasteiger partial charge is 0.219 e. The zero-order chi connectivity index (χ0) is 11.1. The Hall–Kier alpha value is -0.530. The predicted molar refractivity (Wildman–Crippen MR) is 61.5 cm³/mol. The molecule has 2 rings (SSSR count). The monoisotopic (exact) mass is 209 g/mol. The molecule has 86 valence electrons. The maximum atomic E-state index is 11.4. The summed E-state index contributed by atoms with van der Waals surface area (Å²) < 4.78 is 0. The summed E-state index contributed by atoms with van der Waals surface area (Å²) in [5.74, 6) is 2.00. The lowest BCUT2D eigenvalue weighted by molar-refractivity contribution is -0.136. The quantitative estimate of drug-likeness (QED) is 0.650. The van der Waals surface area contributed by atoms with Crippen molar-refractivity contribution < 1.29 is 4.79 Å². The molecular weight excluding hydrogens is 186 g/mol. The molecular formula is C13H23NO. The summed E-state index contributed by atoms with van der Waals surface area (Å²) in [6.07, 6.45) is 5.27. The molecule has 15 heavy (non-hydrogen) atoms. The van der Waals surface area contributed by atoms with Crippen molar-refractivity contribution in [3.05, 3.63) is 0 Å². The molecule has 2 nitrogen and oxygen atoms in total. The first-order valence-corrected chi connectivity index (χ1v) is 6.28. The molecule has 1 heterocycles. The van der Waals surface area contributed by atoms with E-state index >= 15 is 0 Å². The van der Waals surface area contributed by atoms with E-state index in [-0.39, 0.29) is 5.91 Å². The van der Waals surface area contributed by atoms with Gasteiger partial charge in [-0.25, -0.2) is 0 Å². The minimum absolute atomic E-state index is 0.266. The lowest BCUT2D eigenvalue weighted by Crippen LogP contribution is -2.52. The Morgan fingerprint density at radius 1 is 1.40 bits per heavy atom. The number of rotatable bonds is 1. The van der Waals surface area contributed by atoms with E-state index in [4.69, 9.17) is 0 Å². The highest BCUT2D eigenvalue weighted by molar-refractivity contribution is 5.73. The van der Waals surface area contributed by atoms with Crippen LogP contribution < -0.4 is 0 Å². The molecule has 0 aromatic heterocycles. The second-order valence-corrected chi connectivity index (χ2v) is 5.96. The molecule has 1 aliphatic heterocycles. The average Bonchev–Trinajstić information content (AvgIpc) is 2.13. The van der Waals surface area contributed by atoms with Gasteiger partial charge in [-0.2, -0.15) is 0 Å². The first-order valence-electron chi connectivity index (χ1n) is 6.28. The summed E-state index contributed by atoms with van der Waals surface area (Å²) in [4.78, 5) is 13.4. The van der Waals surface area contributed by atoms with Gasteiger partial charge in [0.1, 0.15) is 0 Å². The Kier molecular flexibility index (Phi) is 2.78. The minimum Gasteiger partial charge on any atom is -0.342 e. The molecule has 1 amide bonds.